The minimum absolute atomic E-state index is 0.206. The zero-order valence-corrected chi connectivity index (χ0v) is 12.9. The van der Waals surface area contributed by atoms with Crippen molar-refractivity contribution < 1.29 is 22.7 Å². The van der Waals surface area contributed by atoms with Crippen molar-refractivity contribution in [2.75, 3.05) is 24.7 Å². The average molecular weight is 352 g/mol. The molecule has 0 bridgehead atoms. The molecule has 0 unspecified atom stereocenters. The molecular formula is C11H14BrNO5S. The molecule has 0 fully saturated rings. The first-order valence-electron chi connectivity index (χ1n) is 5.29. The van der Waals surface area contributed by atoms with Crippen molar-refractivity contribution in [2.45, 2.75) is 6.42 Å². The van der Waals surface area contributed by atoms with E-state index in [1.807, 2.05) is 0 Å². The number of hydrogen-bond acceptors (Lipinski definition) is 5. The molecule has 1 aromatic rings. The molecule has 19 heavy (non-hydrogen) atoms. The number of anilines is 1. The maximum absolute atomic E-state index is 11.8. The lowest BCUT2D eigenvalue weighted by atomic mass is 10.3. The number of carbonyl (C=O) groups is 1. The Morgan fingerprint density at radius 2 is 2.05 bits per heavy atom. The van der Waals surface area contributed by atoms with E-state index in [1.165, 1.54) is 14.2 Å². The number of methoxy groups -OCH3 is 2. The highest BCUT2D eigenvalue weighted by atomic mass is 79.9. The van der Waals surface area contributed by atoms with Crippen LogP contribution in [0, 0.1) is 0 Å². The highest BCUT2D eigenvalue weighted by molar-refractivity contribution is 9.10. The largest absolute Gasteiger partial charge is 0.495 e. The van der Waals surface area contributed by atoms with E-state index in [9.17, 15) is 13.2 Å². The summed E-state index contributed by atoms with van der Waals surface area (Å²) in [5.74, 6) is -0.536. The number of ether oxygens (including phenoxy) is 2. The topological polar surface area (TPSA) is 81.7 Å². The van der Waals surface area contributed by atoms with E-state index in [4.69, 9.17) is 4.74 Å². The number of hydrogen-bond donors (Lipinski definition) is 1. The van der Waals surface area contributed by atoms with Gasteiger partial charge in [0.2, 0.25) is 10.0 Å². The van der Waals surface area contributed by atoms with Gasteiger partial charge in [-0.2, -0.15) is 0 Å². The number of sulfonamides is 1. The second kappa shape index (κ2) is 6.76. The Bertz CT molecular complexity index is 558. The van der Waals surface area contributed by atoms with Crippen molar-refractivity contribution in [3.05, 3.63) is 22.7 Å². The molecule has 0 aliphatic rings. The molecule has 0 aliphatic carbocycles. The summed E-state index contributed by atoms with van der Waals surface area (Å²) in [4.78, 5) is 10.9. The van der Waals surface area contributed by atoms with Gasteiger partial charge in [-0.25, -0.2) is 8.42 Å². The summed E-state index contributed by atoms with van der Waals surface area (Å²) < 4.78 is 36.1. The third kappa shape index (κ3) is 5.07. The van der Waals surface area contributed by atoms with E-state index in [0.717, 1.165) is 0 Å². The molecule has 1 rings (SSSR count). The van der Waals surface area contributed by atoms with Crippen LogP contribution in [0.3, 0.4) is 0 Å². The first-order chi connectivity index (χ1) is 8.88. The predicted octanol–water partition coefficient (Wildman–Crippen LogP) is 1.76. The Hall–Kier alpha value is -1.28. The van der Waals surface area contributed by atoms with Crippen LogP contribution in [0.5, 0.6) is 5.75 Å². The number of carbonyl (C=O) groups excluding carboxylic acids is 1. The molecule has 0 saturated carbocycles. The molecule has 0 saturated heterocycles. The molecule has 8 heteroatoms. The van der Waals surface area contributed by atoms with Gasteiger partial charge in [0.1, 0.15) is 5.75 Å². The Kier molecular flexibility index (Phi) is 5.61. The molecule has 0 radical (unpaired) electrons. The smallest absolute Gasteiger partial charge is 0.306 e. The summed E-state index contributed by atoms with van der Waals surface area (Å²) in [5.41, 5.74) is 0.307. The average Bonchev–Trinajstić information content (AvgIpc) is 2.36. The van der Waals surface area contributed by atoms with Gasteiger partial charge in [-0.3, -0.25) is 9.52 Å². The van der Waals surface area contributed by atoms with Gasteiger partial charge >= 0.3 is 5.97 Å². The van der Waals surface area contributed by atoms with Crippen molar-refractivity contribution in [3.8, 4) is 5.75 Å². The maximum Gasteiger partial charge on any atom is 0.306 e. The van der Waals surface area contributed by atoms with Crippen molar-refractivity contribution in [3.63, 3.8) is 0 Å². The lowest BCUT2D eigenvalue weighted by molar-refractivity contribution is -0.140. The van der Waals surface area contributed by atoms with E-state index in [-0.39, 0.29) is 12.2 Å². The van der Waals surface area contributed by atoms with Crippen molar-refractivity contribution in [1.29, 1.82) is 0 Å². The zero-order valence-electron chi connectivity index (χ0n) is 10.5. The first kappa shape index (κ1) is 15.8. The van der Waals surface area contributed by atoms with E-state index in [1.54, 1.807) is 18.2 Å². The van der Waals surface area contributed by atoms with Gasteiger partial charge in [0, 0.05) is 4.47 Å². The summed E-state index contributed by atoms with van der Waals surface area (Å²) in [6.45, 7) is 0. The normalized spacial score (nSPS) is 10.9. The van der Waals surface area contributed by atoms with Crippen LogP contribution in [0.15, 0.2) is 22.7 Å². The standard InChI is InChI=1S/C11H14BrNO5S/c1-17-10-4-3-8(12)7-9(10)13-19(15,16)6-5-11(14)18-2/h3-4,7,13H,5-6H2,1-2H3. The van der Waals surface area contributed by atoms with Gasteiger partial charge in [0.15, 0.2) is 0 Å². The van der Waals surface area contributed by atoms with Gasteiger partial charge in [0.25, 0.3) is 0 Å². The molecular weight excluding hydrogens is 338 g/mol. The van der Waals surface area contributed by atoms with Gasteiger partial charge in [-0.15, -0.1) is 0 Å². The summed E-state index contributed by atoms with van der Waals surface area (Å²) >= 11 is 3.24. The third-order valence-electron chi connectivity index (χ3n) is 2.23. The Morgan fingerprint density at radius 1 is 1.37 bits per heavy atom. The highest BCUT2D eigenvalue weighted by Gasteiger charge is 2.16. The fourth-order valence-corrected chi connectivity index (χ4v) is 2.69. The molecule has 106 valence electrons. The number of halogens is 1. The molecule has 1 N–H and O–H groups in total. The monoisotopic (exact) mass is 351 g/mol. The van der Waals surface area contributed by atoms with Crippen LogP contribution in [-0.4, -0.2) is 34.4 Å². The molecule has 0 aromatic heterocycles. The summed E-state index contributed by atoms with van der Waals surface area (Å²) in [7, 11) is -0.993. The van der Waals surface area contributed by atoms with Crippen molar-refractivity contribution in [2.24, 2.45) is 0 Å². The Balaban J connectivity index is 2.83. The van der Waals surface area contributed by atoms with E-state index in [0.29, 0.717) is 15.9 Å². The molecule has 0 heterocycles. The predicted molar refractivity (Wildman–Crippen MR) is 74.7 cm³/mol. The van der Waals surface area contributed by atoms with Gasteiger partial charge in [-0.05, 0) is 18.2 Å². The van der Waals surface area contributed by atoms with E-state index < -0.39 is 16.0 Å². The number of nitrogens with one attached hydrogen (secondary N) is 1. The van der Waals surface area contributed by atoms with Crippen LogP contribution in [-0.2, 0) is 19.6 Å². The van der Waals surface area contributed by atoms with Crippen LogP contribution < -0.4 is 9.46 Å². The van der Waals surface area contributed by atoms with Crippen molar-refractivity contribution >= 4 is 37.6 Å². The van der Waals surface area contributed by atoms with Gasteiger partial charge in [0.05, 0.1) is 32.1 Å². The summed E-state index contributed by atoms with van der Waals surface area (Å²) in [6.07, 6.45) is -0.206. The second-order valence-electron chi connectivity index (χ2n) is 3.59. The molecule has 6 nitrogen and oxygen atoms in total. The lowest BCUT2D eigenvalue weighted by Gasteiger charge is -2.11. The Morgan fingerprint density at radius 3 is 2.63 bits per heavy atom. The van der Waals surface area contributed by atoms with Gasteiger partial charge < -0.3 is 9.47 Å². The Labute approximate surface area is 120 Å². The minimum atomic E-state index is -3.64. The van der Waals surface area contributed by atoms with Crippen LogP contribution in [0.25, 0.3) is 0 Å². The number of benzene rings is 1. The number of esters is 1. The second-order valence-corrected chi connectivity index (χ2v) is 6.35. The first-order valence-corrected chi connectivity index (χ1v) is 7.73. The minimum Gasteiger partial charge on any atom is -0.495 e. The summed E-state index contributed by atoms with van der Waals surface area (Å²) in [5, 5.41) is 0. The van der Waals surface area contributed by atoms with Crippen LogP contribution in [0.1, 0.15) is 6.42 Å². The SMILES string of the molecule is COC(=O)CCS(=O)(=O)Nc1cc(Br)ccc1OC. The molecule has 0 aliphatic heterocycles. The fourth-order valence-electron chi connectivity index (χ4n) is 1.30. The summed E-state index contributed by atoms with van der Waals surface area (Å²) in [6, 6.07) is 4.93. The fraction of sp³-hybridized carbons (Fsp3) is 0.364. The third-order valence-corrected chi connectivity index (χ3v) is 4.00. The lowest BCUT2D eigenvalue weighted by Crippen LogP contribution is -2.19. The molecule has 1 aromatic carbocycles. The maximum atomic E-state index is 11.8. The van der Waals surface area contributed by atoms with E-state index in [2.05, 4.69) is 25.4 Å². The van der Waals surface area contributed by atoms with Crippen LogP contribution in [0.4, 0.5) is 5.69 Å². The molecule has 0 spiro atoms. The van der Waals surface area contributed by atoms with Crippen LogP contribution in [0.2, 0.25) is 0 Å². The van der Waals surface area contributed by atoms with Gasteiger partial charge in [-0.1, -0.05) is 15.9 Å². The zero-order chi connectivity index (χ0) is 14.5. The molecule has 0 amide bonds. The van der Waals surface area contributed by atoms with Crippen molar-refractivity contribution in [1.82, 2.24) is 0 Å². The van der Waals surface area contributed by atoms with E-state index >= 15 is 0 Å². The highest BCUT2D eigenvalue weighted by Crippen LogP contribution is 2.28. The quantitative estimate of drug-likeness (QED) is 0.789. The molecule has 0 atom stereocenters. The number of rotatable bonds is 6. The van der Waals surface area contributed by atoms with Crippen LogP contribution >= 0.6 is 15.9 Å².